The SMILES string of the molecule is CCOC(=O)c1ccc(NC(=O)[C@H](C)N(c2ccc(CC)cc2)S(C)(=O)=O)c(C)c1. The summed E-state index contributed by atoms with van der Waals surface area (Å²) in [5, 5.41) is 2.76. The number of aryl methyl sites for hydroxylation is 2. The number of esters is 1. The lowest BCUT2D eigenvalue weighted by Crippen LogP contribution is -2.45. The number of nitrogens with zero attached hydrogens (tertiary/aromatic N) is 1. The van der Waals surface area contributed by atoms with Gasteiger partial charge in [-0.3, -0.25) is 9.10 Å². The van der Waals surface area contributed by atoms with E-state index in [1.807, 2.05) is 19.1 Å². The molecule has 7 nitrogen and oxygen atoms in total. The summed E-state index contributed by atoms with van der Waals surface area (Å²) in [6, 6.07) is 10.9. The van der Waals surface area contributed by atoms with Crippen molar-refractivity contribution in [3.63, 3.8) is 0 Å². The van der Waals surface area contributed by atoms with Crippen LogP contribution in [0.5, 0.6) is 0 Å². The van der Waals surface area contributed by atoms with E-state index in [4.69, 9.17) is 4.74 Å². The molecule has 8 heteroatoms. The van der Waals surface area contributed by atoms with Gasteiger partial charge in [-0.25, -0.2) is 13.2 Å². The molecule has 0 bridgehead atoms. The second-order valence-corrected chi connectivity index (χ2v) is 8.85. The highest BCUT2D eigenvalue weighted by Crippen LogP contribution is 2.23. The highest BCUT2D eigenvalue weighted by molar-refractivity contribution is 7.92. The normalized spacial score (nSPS) is 12.2. The summed E-state index contributed by atoms with van der Waals surface area (Å²) in [6.45, 7) is 7.29. The maximum atomic E-state index is 12.9. The summed E-state index contributed by atoms with van der Waals surface area (Å²) in [5.74, 6) is -0.919. The molecule has 0 fully saturated rings. The number of anilines is 2. The molecule has 0 unspecified atom stereocenters. The van der Waals surface area contributed by atoms with E-state index in [2.05, 4.69) is 5.32 Å². The van der Waals surface area contributed by atoms with Crippen molar-refractivity contribution >= 4 is 33.3 Å². The van der Waals surface area contributed by atoms with Crippen LogP contribution in [0.1, 0.15) is 42.3 Å². The summed E-state index contributed by atoms with van der Waals surface area (Å²) in [5.41, 5.74) is 3.04. The molecule has 0 spiro atoms. The van der Waals surface area contributed by atoms with E-state index in [1.165, 1.54) is 6.92 Å². The van der Waals surface area contributed by atoms with Crippen molar-refractivity contribution in [2.45, 2.75) is 40.2 Å². The van der Waals surface area contributed by atoms with Gasteiger partial charge in [0.1, 0.15) is 6.04 Å². The van der Waals surface area contributed by atoms with Gasteiger partial charge >= 0.3 is 5.97 Å². The molecule has 0 saturated heterocycles. The van der Waals surface area contributed by atoms with Gasteiger partial charge in [-0.15, -0.1) is 0 Å². The summed E-state index contributed by atoms with van der Waals surface area (Å²) in [6.07, 6.45) is 1.90. The van der Waals surface area contributed by atoms with Gasteiger partial charge in [0, 0.05) is 5.69 Å². The zero-order valence-corrected chi connectivity index (χ0v) is 18.7. The number of nitrogens with one attached hydrogen (secondary N) is 1. The molecule has 0 radical (unpaired) electrons. The molecule has 2 aromatic rings. The summed E-state index contributed by atoms with van der Waals surface area (Å²) >= 11 is 0. The monoisotopic (exact) mass is 432 g/mol. The molecule has 162 valence electrons. The Morgan fingerprint density at radius 3 is 2.23 bits per heavy atom. The van der Waals surface area contributed by atoms with Crippen LogP contribution in [0.2, 0.25) is 0 Å². The van der Waals surface area contributed by atoms with Crippen LogP contribution in [0.3, 0.4) is 0 Å². The summed E-state index contributed by atoms with van der Waals surface area (Å²) < 4.78 is 30.9. The van der Waals surface area contributed by atoms with Gasteiger partial charge in [0.15, 0.2) is 0 Å². The van der Waals surface area contributed by atoms with Crippen molar-refractivity contribution in [3.05, 3.63) is 59.2 Å². The average Bonchev–Trinajstić information content (AvgIpc) is 2.69. The highest BCUT2D eigenvalue weighted by atomic mass is 32.2. The fourth-order valence-corrected chi connectivity index (χ4v) is 4.24. The fraction of sp³-hybridized carbons (Fsp3) is 0.364. The van der Waals surface area contributed by atoms with Crippen LogP contribution in [-0.4, -0.2) is 39.2 Å². The minimum atomic E-state index is -3.70. The first-order valence-electron chi connectivity index (χ1n) is 9.75. The number of benzene rings is 2. The van der Waals surface area contributed by atoms with E-state index in [0.717, 1.165) is 22.5 Å². The summed E-state index contributed by atoms with van der Waals surface area (Å²) in [4.78, 5) is 24.7. The van der Waals surface area contributed by atoms with E-state index in [-0.39, 0.29) is 6.61 Å². The lowest BCUT2D eigenvalue weighted by Gasteiger charge is -2.28. The van der Waals surface area contributed by atoms with Gasteiger partial charge in [0.05, 0.1) is 24.1 Å². The molecular weight excluding hydrogens is 404 g/mol. The van der Waals surface area contributed by atoms with Crippen molar-refractivity contribution in [1.29, 1.82) is 0 Å². The minimum Gasteiger partial charge on any atom is -0.462 e. The Hall–Kier alpha value is -2.87. The van der Waals surface area contributed by atoms with Gasteiger partial charge in [-0.1, -0.05) is 19.1 Å². The lowest BCUT2D eigenvalue weighted by atomic mass is 10.1. The third kappa shape index (κ3) is 5.60. The van der Waals surface area contributed by atoms with E-state index in [0.29, 0.717) is 22.5 Å². The largest absolute Gasteiger partial charge is 0.462 e. The molecule has 1 N–H and O–H groups in total. The van der Waals surface area contributed by atoms with Crippen molar-refractivity contribution < 1.29 is 22.7 Å². The number of rotatable bonds is 8. The Bertz CT molecular complexity index is 1020. The minimum absolute atomic E-state index is 0.272. The predicted octanol–water partition coefficient (Wildman–Crippen LogP) is 3.53. The molecule has 0 saturated carbocycles. The van der Waals surface area contributed by atoms with Crippen LogP contribution >= 0.6 is 0 Å². The van der Waals surface area contributed by atoms with Gasteiger partial charge in [0.2, 0.25) is 15.9 Å². The maximum Gasteiger partial charge on any atom is 0.338 e. The standard InChI is InChI=1S/C22H28N2O5S/c1-6-17-8-11-19(12-9-17)24(30(5,27)28)16(4)21(25)23-20-13-10-18(14-15(20)3)22(26)29-7-2/h8-14,16H,6-7H2,1-5H3,(H,23,25)/t16-/m0/s1. The predicted molar refractivity (Wildman–Crippen MR) is 118 cm³/mol. The highest BCUT2D eigenvalue weighted by Gasteiger charge is 2.29. The quantitative estimate of drug-likeness (QED) is 0.644. The third-order valence-electron chi connectivity index (χ3n) is 4.68. The van der Waals surface area contributed by atoms with Crippen molar-refractivity contribution in [3.8, 4) is 0 Å². The number of sulfonamides is 1. The van der Waals surface area contributed by atoms with Crippen molar-refractivity contribution in [1.82, 2.24) is 0 Å². The number of amides is 1. The molecule has 1 atom stereocenters. The second kappa shape index (κ2) is 9.75. The Labute approximate surface area is 178 Å². The molecule has 0 aromatic heterocycles. The first-order chi connectivity index (χ1) is 14.1. The van der Waals surface area contributed by atoms with Crippen LogP contribution in [-0.2, 0) is 26.0 Å². The Kier molecular flexibility index (Phi) is 7.61. The van der Waals surface area contributed by atoms with Crippen LogP contribution in [0, 0.1) is 6.92 Å². The first kappa shape index (κ1) is 23.4. The van der Waals surface area contributed by atoms with Gasteiger partial charge < -0.3 is 10.1 Å². The zero-order valence-electron chi connectivity index (χ0n) is 17.9. The van der Waals surface area contributed by atoms with Crippen LogP contribution in [0.4, 0.5) is 11.4 Å². The second-order valence-electron chi connectivity index (χ2n) is 6.99. The number of carbonyl (C=O) groups excluding carboxylic acids is 2. The molecule has 1 amide bonds. The zero-order chi connectivity index (χ0) is 22.5. The molecular formula is C22H28N2O5S. The third-order valence-corrected chi connectivity index (χ3v) is 5.92. The van der Waals surface area contributed by atoms with E-state index >= 15 is 0 Å². The Balaban J connectivity index is 2.26. The lowest BCUT2D eigenvalue weighted by molar-refractivity contribution is -0.116. The van der Waals surface area contributed by atoms with Gasteiger partial charge in [0.25, 0.3) is 0 Å². The summed E-state index contributed by atoms with van der Waals surface area (Å²) in [7, 11) is -3.70. The van der Waals surface area contributed by atoms with Crippen LogP contribution in [0.15, 0.2) is 42.5 Å². The number of hydrogen-bond acceptors (Lipinski definition) is 5. The molecule has 30 heavy (non-hydrogen) atoms. The molecule has 0 aliphatic heterocycles. The molecule has 0 heterocycles. The fourth-order valence-electron chi connectivity index (χ4n) is 3.07. The van der Waals surface area contributed by atoms with Crippen LogP contribution in [0.25, 0.3) is 0 Å². The topological polar surface area (TPSA) is 92.8 Å². The molecule has 0 aliphatic carbocycles. The van der Waals surface area contributed by atoms with Crippen molar-refractivity contribution in [2.75, 3.05) is 22.5 Å². The maximum absolute atomic E-state index is 12.9. The van der Waals surface area contributed by atoms with Crippen LogP contribution < -0.4 is 9.62 Å². The molecule has 2 aromatic carbocycles. The van der Waals surface area contributed by atoms with E-state index in [9.17, 15) is 18.0 Å². The smallest absolute Gasteiger partial charge is 0.338 e. The number of ether oxygens (including phenoxy) is 1. The Morgan fingerprint density at radius 1 is 1.10 bits per heavy atom. The van der Waals surface area contributed by atoms with Gasteiger partial charge in [-0.05, 0) is 68.7 Å². The first-order valence-corrected chi connectivity index (χ1v) is 11.6. The molecule has 0 aliphatic rings. The van der Waals surface area contributed by atoms with Crippen molar-refractivity contribution in [2.24, 2.45) is 0 Å². The average molecular weight is 433 g/mol. The molecule has 2 rings (SSSR count). The van der Waals surface area contributed by atoms with Gasteiger partial charge in [-0.2, -0.15) is 0 Å². The number of hydrogen-bond donors (Lipinski definition) is 1. The number of carbonyl (C=O) groups is 2. The van der Waals surface area contributed by atoms with E-state index < -0.39 is 27.9 Å². The Morgan fingerprint density at radius 2 is 1.73 bits per heavy atom. The van der Waals surface area contributed by atoms with E-state index in [1.54, 1.807) is 44.2 Å².